The molecule has 174 valence electrons. The van der Waals surface area contributed by atoms with E-state index < -0.39 is 0 Å². The third-order valence-corrected chi connectivity index (χ3v) is 5.98. The molecule has 1 saturated heterocycles. The smallest absolute Gasteiger partial charge is 0.173 e. The van der Waals surface area contributed by atoms with Gasteiger partial charge in [-0.3, -0.25) is 0 Å². The lowest BCUT2D eigenvalue weighted by Gasteiger charge is -2.37. The number of piperazine rings is 1. The van der Waals surface area contributed by atoms with Gasteiger partial charge in [-0.1, -0.05) is 0 Å². The Balaban J connectivity index is 1.46. The first-order valence-corrected chi connectivity index (χ1v) is 10.9. The van der Waals surface area contributed by atoms with Crippen LogP contribution in [0.3, 0.4) is 0 Å². The number of hydrogen-bond acceptors (Lipinski definition) is 8. The van der Waals surface area contributed by atoms with Crippen molar-refractivity contribution >= 4 is 39.7 Å². The maximum Gasteiger partial charge on any atom is 0.173 e. The van der Waals surface area contributed by atoms with Crippen molar-refractivity contribution in [1.29, 1.82) is 0 Å². The van der Waals surface area contributed by atoms with E-state index in [2.05, 4.69) is 25.1 Å². The number of anilines is 2. The van der Waals surface area contributed by atoms with Gasteiger partial charge in [0, 0.05) is 49.4 Å². The van der Waals surface area contributed by atoms with E-state index in [1.807, 2.05) is 30.3 Å². The lowest BCUT2D eigenvalue weighted by atomic mass is 10.2. The van der Waals surface area contributed by atoms with Crippen LogP contribution >= 0.6 is 12.2 Å². The van der Waals surface area contributed by atoms with Crippen LogP contribution in [0.1, 0.15) is 0 Å². The number of methoxy groups -OCH3 is 4. The first-order valence-electron chi connectivity index (χ1n) is 10.5. The predicted octanol–water partition coefficient (Wildman–Crippen LogP) is 3.18. The quantitative estimate of drug-likeness (QED) is 0.544. The van der Waals surface area contributed by atoms with Crippen molar-refractivity contribution in [3.63, 3.8) is 0 Å². The largest absolute Gasteiger partial charge is 0.493 e. The lowest BCUT2D eigenvalue weighted by Crippen LogP contribution is -2.50. The SMILES string of the molecule is COc1ccc(NC(=S)N2CCN(c3ncnc4cc(OC)c(OC)cc34)CC2)cc1OC. The van der Waals surface area contributed by atoms with Gasteiger partial charge in [-0.05, 0) is 30.4 Å². The molecule has 4 rings (SSSR count). The van der Waals surface area contributed by atoms with Crippen LogP contribution in [0.5, 0.6) is 23.0 Å². The summed E-state index contributed by atoms with van der Waals surface area (Å²) in [6.07, 6.45) is 1.58. The van der Waals surface area contributed by atoms with Crippen LogP contribution in [-0.4, -0.2) is 74.6 Å². The fraction of sp³-hybridized carbons (Fsp3) is 0.348. The number of nitrogens with one attached hydrogen (secondary N) is 1. The van der Waals surface area contributed by atoms with Crippen molar-refractivity contribution in [1.82, 2.24) is 14.9 Å². The zero-order valence-corrected chi connectivity index (χ0v) is 19.9. The van der Waals surface area contributed by atoms with Crippen LogP contribution in [0.25, 0.3) is 10.9 Å². The van der Waals surface area contributed by atoms with E-state index in [-0.39, 0.29) is 0 Å². The average Bonchev–Trinajstić information content (AvgIpc) is 2.87. The molecule has 0 saturated carbocycles. The molecule has 0 amide bonds. The van der Waals surface area contributed by atoms with Crippen molar-refractivity contribution in [3.05, 3.63) is 36.7 Å². The van der Waals surface area contributed by atoms with Crippen molar-refractivity contribution in [2.75, 3.05) is 64.8 Å². The lowest BCUT2D eigenvalue weighted by molar-refractivity contribution is 0.355. The summed E-state index contributed by atoms with van der Waals surface area (Å²) in [6.45, 7) is 3.07. The van der Waals surface area contributed by atoms with Gasteiger partial charge in [0.15, 0.2) is 28.1 Å². The normalized spacial score (nSPS) is 13.6. The molecule has 0 atom stereocenters. The van der Waals surface area contributed by atoms with Crippen molar-refractivity contribution < 1.29 is 18.9 Å². The monoisotopic (exact) mass is 469 g/mol. The van der Waals surface area contributed by atoms with Gasteiger partial charge < -0.3 is 34.1 Å². The zero-order chi connectivity index (χ0) is 23.4. The van der Waals surface area contributed by atoms with Crippen LogP contribution in [0, 0.1) is 0 Å². The van der Waals surface area contributed by atoms with Gasteiger partial charge >= 0.3 is 0 Å². The first kappa shape index (κ1) is 22.7. The molecule has 3 aromatic rings. The summed E-state index contributed by atoms with van der Waals surface area (Å²) < 4.78 is 21.6. The van der Waals surface area contributed by atoms with Gasteiger partial charge in [-0.2, -0.15) is 0 Å². The second-order valence-electron chi connectivity index (χ2n) is 7.40. The Bertz CT molecular complexity index is 1150. The highest BCUT2D eigenvalue weighted by Gasteiger charge is 2.22. The number of benzene rings is 2. The molecule has 1 aliphatic heterocycles. The maximum atomic E-state index is 5.66. The second kappa shape index (κ2) is 9.95. The molecule has 1 aromatic heterocycles. The van der Waals surface area contributed by atoms with E-state index in [4.69, 9.17) is 31.2 Å². The molecular weight excluding hydrogens is 442 g/mol. The fourth-order valence-corrected chi connectivity index (χ4v) is 4.16. The van der Waals surface area contributed by atoms with Crippen molar-refractivity contribution in [3.8, 4) is 23.0 Å². The van der Waals surface area contributed by atoms with Gasteiger partial charge in [0.1, 0.15) is 12.1 Å². The number of rotatable bonds is 6. The highest BCUT2D eigenvalue weighted by molar-refractivity contribution is 7.80. The highest BCUT2D eigenvalue weighted by Crippen LogP contribution is 2.35. The van der Waals surface area contributed by atoms with Crippen LogP contribution in [0.2, 0.25) is 0 Å². The average molecular weight is 470 g/mol. The maximum absolute atomic E-state index is 5.66. The minimum absolute atomic E-state index is 0.644. The summed E-state index contributed by atoms with van der Waals surface area (Å²) in [5, 5.41) is 4.89. The van der Waals surface area contributed by atoms with Gasteiger partial charge in [-0.25, -0.2) is 9.97 Å². The van der Waals surface area contributed by atoms with E-state index in [1.165, 1.54) is 0 Å². The van der Waals surface area contributed by atoms with Crippen molar-refractivity contribution in [2.24, 2.45) is 0 Å². The summed E-state index contributed by atoms with van der Waals surface area (Å²) in [5.41, 5.74) is 1.66. The van der Waals surface area contributed by atoms with E-state index in [0.29, 0.717) is 28.1 Å². The van der Waals surface area contributed by atoms with Gasteiger partial charge in [0.25, 0.3) is 0 Å². The molecule has 1 fully saturated rings. The third-order valence-electron chi connectivity index (χ3n) is 5.62. The number of nitrogens with zero attached hydrogens (tertiary/aromatic N) is 4. The van der Waals surface area contributed by atoms with Crippen LogP contribution in [0.15, 0.2) is 36.7 Å². The Kier molecular flexibility index (Phi) is 6.83. The van der Waals surface area contributed by atoms with Gasteiger partial charge in [-0.15, -0.1) is 0 Å². The molecule has 33 heavy (non-hydrogen) atoms. The number of thiocarbonyl (C=S) groups is 1. The topological polar surface area (TPSA) is 81.2 Å². The molecule has 1 N–H and O–H groups in total. The molecule has 0 unspecified atom stereocenters. The fourth-order valence-electron chi connectivity index (χ4n) is 3.86. The number of fused-ring (bicyclic) bond motifs is 1. The van der Waals surface area contributed by atoms with Gasteiger partial charge in [0.05, 0.1) is 34.0 Å². The summed E-state index contributed by atoms with van der Waals surface area (Å²) in [4.78, 5) is 13.4. The molecule has 2 heterocycles. The van der Waals surface area contributed by atoms with E-state index >= 15 is 0 Å². The van der Waals surface area contributed by atoms with Crippen LogP contribution < -0.4 is 29.2 Å². The standard InChI is InChI=1S/C23H27N5O4S/c1-29-18-6-5-15(11-19(18)30-2)26-23(33)28-9-7-27(8-10-28)22-16-12-20(31-3)21(32-4)13-17(16)24-14-25-22/h5-6,11-14H,7-10H2,1-4H3,(H,26,33). The molecule has 2 aromatic carbocycles. The zero-order valence-electron chi connectivity index (χ0n) is 19.1. The van der Waals surface area contributed by atoms with Crippen LogP contribution in [-0.2, 0) is 0 Å². The Morgan fingerprint density at radius 3 is 2.12 bits per heavy atom. The first-order chi connectivity index (χ1) is 16.1. The molecule has 0 spiro atoms. The van der Waals surface area contributed by atoms with E-state index in [0.717, 1.165) is 48.6 Å². The molecule has 0 radical (unpaired) electrons. The highest BCUT2D eigenvalue weighted by atomic mass is 32.1. The third kappa shape index (κ3) is 4.65. The molecule has 0 aliphatic carbocycles. The minimum atomic E-state index is 0.644. The Hall–Kier alpha value is -3.53. The Morgan fingerprint density at radius 2 is 1.45 bits per heavy atom. The summed E-state index contributed by atoms with van der Waals surface area (Å²) >= 11 is 5.66. The van der Waals surface area contributed by atoms with E-state index in [9.17, 15) is 0 Å². The molecule has 0 bridgehead atoms. The van der Waals surface area contributed by atoms with Crippen LogP contribution in [0.4, 0.5) is 11.5 Å². The van der Waals surface area contributed by atoms with E-state index in [1.54, 1.807) is 34.8 Å². The molecule has 1 aliphatic rings. The Labute approximate surface area is 198 Å². The van der Waals surface area contributed by atoms with Gasteiger partial charge in [0.2, 0.25) is 0 Å². The molecule has 10 heteroatoms. The molecule has 9 nitrogen and oxygen atoms in total. The summed E-state index contributed by atoms with van der Waals surface area (Å²) in [7, 11) is 6.46. The molecular formula is C23H27N5O4S. The Morgan fingerprint density at radius 1 is 0.818 bits per heavy atom. The summed E-state index contributed by atoms with van der Waals surface area (Å²) in [5.74, 6) is 3.50. The minimum Gasteiger partial charge on any atom is -0.493 e. The predicted molar refractivity (Wildman–Crippen MR) is 132 cm³/mol. The number of aromatic nitrogens is 2. The number of ether oxygens (including phenoxy) is 4. The van der Waals surface area contributed by atoms with Crippen molar-refractivity contribution in [2.45, 2.75) is 0 Å². The second-order valence-corrected chi connectivity index (χ2v) is 7.78. The number of hydrogen-bond donors (Lipinski definition) is 1. The summed E-state index contributed by atoms with van der Waals surface area (Å²) in [6, 6.07) is 9.44.